The Morgan fingerprint density at radius 2 is 1.68 bits per heavy atom. The van der Waals surface area contributed by atoms with E-state index in [4.69, 9.17) is 11.6 Å². The van der Waals surface area contributed by atoms with Crippen LogP contribution in [0.4, 0.5) is 0 Å². The second-order valence-electron chi connectivity index (χ2n) is 5.12. The smallest absolute Gasteiger partial charge is 0.241 e. The van der Waals surface area contributed by atoms with Gasteiger partial charge in [-0.15, -0.1) is 0 Å². The van der Waals surface area contributed by atoms with Crippen molar-refractivity contribution in [2.75, 3.05) is 13.1 Å². The van der Waals surface area contributed by atoms with Gasteiger partial charge in [0.1, 0.15) is 0 Å². The molecule has 0 aliphatic rings. The topological polar surface area (TPSA) is 66.5 Å². The molecule has 0 fully saturated rings. The fourth-order valence-corrected chi connectivity index (χ4v) is 3.43. The zero-order valence-corrected chi connectivity index (χ0v) is 14.7. The highest BCUT2D eigenvalue weighted by atomic mass is 35.5. The third-order valence-corrected chi connectivity index (χ3v) is 4.93. The molecule has 0 aliphatic carbocycles. The highest BCUT2D eigenvalue weighted by Gasteiger charge is 2.25. The van der Waals surface area contributed by atoms with Gasteiger partial charge in [-0.05, 0) is 44.0 Å². The molecule has 22 heavy (non-hydrogen) atoms. The molecule has 1 N–H and O–H groups in total. The molecule has 0 bridgehead atoms. The number of halogens is 1. The maximum atomic E-state index is 12.4. The van der Waals surface area contributed by atoms with E-state index >= 15 is 0 Å². The van der Waals surface area contributed by atoms with Crippen LogP contribution in [-0.4, -0.2) is 38.4 Å². The largest absolute Gasteiger partial charge is 0.341 e. The van der Waals surface area contributed by atoms with Crippen LogP contribution in [0.3, 0.4) is 0 Å². The van der Waals surface area contributed by atoms with Crippen LogP contribution in [0.25, 0.3) is 0 Å². The summed E-state index contributed by atoms with van der Waals surface area (Å²) < 4.78 is 27.0. The average molecular weight is 347 g/mol. The summed E-state index contributed by atoms with van der Waals surface area (Å²) in [5, 5.41) is 0.458. The quantitative estimate of drug-likeness (QED) is 0.786. The summed E-state index contributed by atoms with van der Waals surface area (Å²) in [4.78, 5) is 14.1. The SMILES string of the molecule is CCCN(CCC)C(=O)C(C)NS(=O)(=O)c1ccc(Cl)cc1. The van der Waals surface area contributed by atoms with Crippen molar-refractivity contribution in [1.29, 1.82) is 0 Å². The predicted molar refractivity (Wildman–Crippen MR) is 88.4 cm³/mol. The Hall–Kier alpha value is -1.11. The third-order valence-electron chi connectivity index (χ3n) is 3.13. The summed E-state index contributed by atoms with van der Waals surface area (Å²) in [6.45, 7) is 6.78. The molecule has 5 nitrogen and oxygen atoms in total. The Kier molecular flexibility index (Phi) is 7.32. The molecule has 0 aromatic heterocycles. The van der Waals surface area contributed by atoms with Gasteiger partial charge in [-0.25, -0.2) is 8.42 Å². The van der Waals surface area contributed by atoms with E-state index in [1.165, 1.54) is 24.3 Å². The van der Waals surface area contributed by atoms with Gasteiger partial charge in [-0.1, -0.05) is 25.4 Å². The summed E-state index contributed by atoms with van der Waals surface area (Å²) in [6.07, 6.45) is 1.67. The van der Waals surface area contributed by atoms with E-state index in [2.05, 4.69) is 4.72 Å². The van der Waals surface area contributed by atoms with Gasteiger partial charge in [0.05, 0.1) is 10.9 Å². The zero-order chi connectivity index (χ0) is 16.8. The molecule has 0 aliphatic heterocycles. The van der Waals surface area contributed by atoms with Gasteiger partial charge >= 0.3 is 0 Å². The standard InChI is InChI=1S/C15H23ClN2O3S/c1-4-10-18(11-5-2)15(19)12(3)17-22(20,21)14-8-6-13(16)7-9-14/h6-9,12,17H,4-5,10-11H2,1-3H3. The van der Waals surface area contributed by atoms with Crippen LogP contribution in [0.1, 0.15) is 33.6 Å². The van der Waals surface area contributed by atoms with E-state index < -0.39 is 16.1 Å². The lowest BCUT2D eigenvalue weighted by molar-refractivity contribution is -0.132. The summed E-state index contributed by atoms with van der Waals surface area (Å²) in [5.74, 6) is -0.207. The van der Waals surface area contributed by atoms with Gasteiger partial charge in [-0.2, -0.15) is 4.72 Å². The number of amides is 1. The number of hydrogen-bond donors (Lipinski definition) is 1. The minimum Gasteiger partial charge on any atom is -0.341 e. The van der Waals surface area contributed by atoms with Gasteiger partial charge < -0.3 is 4.90 Å². The third kappa shape index (κ3) is 5.26. The van der Waals surface area contributed by atoms with Crippen LogP contribution in [0.2, 0.25) is 5.02 Å². The Morgan fingerprint density at radius 1 is 1.18 bits per heavy atom. The van der Waals surface area contributed by atoms with Crippen molar-refractivity contribution >= 4 is 27.5 Å². The fraction of sp³-hybridized carbons (Fsp3) is 0.533. The second kappa shape index (κ2) is 8.50. The number of nitrogens with zero attached hydrogens (tertiary/aromatic N) is 1. The Labute approximate surface area is 137 Å². The second-order valence-corrected chi connectivity index (χ2v) is 7.27. The maximum absolute atomic E-state index is 12.4. The molecule has 7 heteroatoms. The first-order valence-electron chi connectivity index (χ1n) is 7.38. The molecule has 1 atom stereocenters. The molecule has 0 spiro atoms. The van der Waals surface area contributed by atoms with E-state index in [0.29, 0.717) is 18.1 Å². The molecule has 0 radical (unpaired) electrons. The molecule has 0 heterocycles. The van der Waals surface area contributed by atoms with Crippen LogP contribution in [0, 0.1) is 0 Å². The predicted octanol–water partition coefficient (Wildman–Crippen LogP) is 2.66. The lowest BCUT2D eigenvalue weighted by atomic mass is 10.2. The van der Waals surface area contributed by atoms with Crippen LogP contribution in [-0.2, 0) is 14.8 Å². The van der Waals surface area contributed by atoms with Crippen LogP contribution in [0.5, 0.6) is 0 Å². The Balaban J connectivity index is 2.83. The minimum absolute atomic E-state index is 0.0917. The molecular weight excluding hydrogens is 324 g/mol. The van der Waals surface area contributed by atoms with E-state index in [0.717, 1.165) is 12.8 Å². The van der Waals surface area contributed by atoms with Crippen LogP contribution in [0.15, 0.2) is 29.2 Å². The number of carbonyl (C=O) groups is 1. The molecule has 0 saturated heterocycles. The Morgan fingerprint density at radius 3 is 2.14 bits per heavy atom. The van der Waals surface area contributed by atoms with Crippen molar-refractivity contribution in [2.45, 2.75) is 44.6 Å². The first-order valence-corrected chi connectivity index (χ1v) is 9.24. The first kappa shape index (κ1) is 18.9. The normalized spacial score (nSPS) is 12.9. The van der Waals surface area contributed by atoms with E-state index in [-0.39, 0.29) is 10.8 Å². The van der Waals surface area contributed by atoms with Gasteiger partial charge in [0, 0.05) is 18.1 Å². The van der Waals surface area contributed by atoms with Crippen molar-refractivity contribution in [3.8, 4) is 0 Å². The molecule has 1 aromatic rings. The molecule has 1 aromatic carbocycles. The van der Waals surface area contributed by atoms with E-state index in [9.17, 15) is 13.2 Å². The summed E-state index contributed by atoms with van der Waals surface area (Å²) >= 11 is 5.75. The van der Waals surface area contributed by atoms with Crippen molar-refractivity contribution in [1.82, 2.24) is 9.62 Å². The molecule has 1 rings (SSSR count). The summed E-state index contributed by atoms with van der Waals surface area (Å²) in [5.41, 5.74) is 0. The number of nitrogens with one attached hydrogen (secondary N) is 1. The highest BCUT2D eigenvalue weighted by molar-refractivity contribution is 7.89. The van der Waals surface area contributed by atoms with Gasteiger partial charge in [0.15, 0.2) is 0 Å². The number of hydrogen-bond acceptors (Lipinski definition) is 3. The van der Waals surface area contributed by atoms with Crippen molar-refractivity contribution in [3.05, 3.63) is 29.3 Å². The van der Waals surface area contributed by atoms with Crippen LogP contribution >= 0.6 is 11.6 Å². The van der Waals surface area contributed by atoms with Gasteiger partial charge in [-0.3, -0.25) is 4.79 Å². The number of benzene rings is 1. The van der Waals surface area contributed by atoms with Crippen molar-refractivity contribution in [3.63, 3.8) is 0 Å². The molecule has 124 valence electrons. The number of sulfonamides is 1. The Bertz CT molecular complexity index is 581. The average Bonchev–Trinajstić information content (AvgIpc) is 2.46. The lowest BCUT2D eigenvalue weighted by Crippen LogP contribution is -2.47. The van der Waals surface area contributed by atoms with Crippen molar-refractivity contribution in [2.24, 2.45) is 0 Å². The highest BCUT2D eigenvalue weighted by Crippen LogP contribution is 2.14. The number of carbonyl (C=O) groups excluding carboxylic acids is 1. The van der Waals surface area contributed by atoms with E-state index in [1.54, 1.807) is 11.8 Å². The van der Waals surface area contributed by atoms with E-state index in [1.807, 2.05) is 13.8 Å². The minimum atomic E-state index is -3.74. The monoisotopic (exact) mass is 346 g/mol. The summed E-state index contributed by atoms with van der Waals surface area (Å²) in [7, 11) is -3.74. The fourth-order valence-electron chi connectivity index (χ4n) is 2.11. The number of rotatable bonds is 8. The molecule has 0 saturated carbocycles. The maximum Gasteiger partial charge on any atom is 0.241 e. The van der Waals surface area contributed by atoms with Gasteiger partial charge in [0.2, 0.25) is 15.9 Å². The zero-order valence-electron chi connectivity index (χ0n) is 13.2. The van der Waals surface area contributed by atoms with Crippen LogP contribution < -0.4 is 4.72 Å². The first-order chi connectivity index (χ1) is 10.3. The van der Waals surface area contributed by atoms with Gasteiger partial charge in [0.25, 0.3) is 0 Å². The molecule has 1 amide bonds. The molecule has 1 unspecified atom stereocenters. The van der Waals surface area contributed by atoms with Crippen molar-refractivity contribution < 1.29 is 13.2 Å². The summed E-state index contributed by atoms with van der Waals surface area (Å²) in [6, 6.07) is 5.03. The molecular formula is C15H23ClN2O3S. The lowest BCUT2D eigenvalue weighted by Gasteiger charge is -2.25.